The summed E-state index contributed by atoms with van der Waals surface area (Å²) in [5.41, 5.74) is 6.23. The van der Waals surface area contributed by atoms with E-state index in [1.807, 2.05) is 25.1 Å². The normalized spacial score (nSPS) is 12.0. The minimum atomic E-state index is 0.00208. The third-order valence-corrected chi connectivity index (χ3v) is 2.89. The minimum Gasteiger partial charge on any atom is -0.494 e. The van der Waals surface area contributed by atoms with Crippen LogP contribution in [0, 0.1) is 5.92 Å². The summed E-state index contributed by atoms with van der Waals surface area (Å²) in [7, 11) is 1.80. The van der Waals surface area contributed by atoms with E-state index in [0.717, 1.165) is 12.2 Å². The molecule has 1 rings (SSSR count). The summed E-state index contributed by atoms with van der Waals surface area (Å²) in [4.78, 5) is 14.0. The van der Waals surface area contributed by atoms with Crippen LogP contribution < -0.4 is 10.5 Å². The van der Waals surface area contributed by atoms with Crippen molar-refractivity contribution in [2.75, 3.05) is 26.7 Å². The molecule has 106 valence electrons. The first-order chi connectivity index (χ1) is 9.08. The van der Waals surface area contributed by atoms with E-state index in [9.17, 15) is 4.79 Å². The number of carbonyl (C=O) groups is 1. The lowest BCUT2D eigenvalue weighted by atomic mass is 10.1. The molecule has 0 heterocycles. The van der Waals surface area contributed by atoms with Crippen molar-refractivity contribution in [2.24, 2.45) is 11.7 Å². The SMILES string of the molecule is CCCOc1cccc(C(=O)N(C)CC(C)CN)c1. The highest BCUT2D eigenvalue weighted by Gasteiger charge is 2.14. The lowest BCUT2D eigenvalue weighted by Crippen LogP contribution is -2.33. The zero-order chi connectivity index (χ0) is 14.3. The molecule has 0 aliphatic rings. The van der Waals surface area contributed by atoms with Gasteiger partial charge in [-0.2, -0.15) is 0 Å². The van der Waals surface area contributed by atoms with Crippen LogP contribution in [0.4, 0.5) is 0 Å². The number of benzene rings is 1. The zero-order valence-corrected chi connectivity index (χ0v) is 12.1. The van der Waals surface area contributed by atoms with Gasteiger partial charge in [0.25, 0.3) is 5.91 Å². The summed E-state index contributed by atoms with van der Waals surface area (Å²) in [5, 5.41) is 0. The van der Waals surface area contributed by atoms with Crippen LogP contribution in [-0.2, 0) is 0 Å². The van der Waals surface area contributed by atoms with Gasteiger partial charge in [0.1, 0.15) is 5.75 Å². The van der Waals surface area contributed by atoms with Gasteiger partial charge in [0, 0.05) is 19.2 Å². The van der Waals surface area contributed by atoms with E-state index in [1.165, 1.54) is 0 Å². The van der Waals surface area contributed by atoms with Crippen LogP contribution in [0.1, 0.15) is 30.6 Å². The Labute approximate surface area is 115 Å². The lowest BCUT2D eigenvalue weighted by molar-refractivity contribution is 0.0777. The standard InChI is InChI=1S/C15H24N2O2/c1-4-8-19-14-7-5-6-13(9-14)15(18)17(3)11-12(2)10-16/h5-7,9,12H,4,8,10-11,16H2,1-3H3. The first-order valence-corrected chi connectivity index (χ1v) is 6.76. The highest BCUT2D eigenvalue weighted by Crippen LogP contribution is 2.15. The van der Waals surface area contributed by atoms with Crippen molar-refractivity contribution in [3.8, 4) is 5.75 Å². The van der Waals surface area contributed by atoms with Crippen LogP contribution in [0.15, 0.2) is 24.3 Å². The number of carbonyl (C=O) groups excluding carboxylic acids is 1. The quantitative estimate of drug-likeness (QED) is 0.821. The number of amides is 1. The third kappa shape index (κ3) is 4.91. The van der Waals surface area contributed by atoms with Crippen LogP contribution in [-0.4, -0.2) is 37.6 Å². The smallest absolute Gasteiger partial charge is 0.253 e. The van der Waals surface area contributed by atoms with Crippen molar-refractivity contribution in [3.05, 3.63) is 29.8 Å². The molecule has 1 atom stereocenters. The second kappa shape index (κ2) is 7.79. The Morgan fingerprint density at radius 1 is 1.47 bits per heavy atom. The fourth-order valence-corrected chi connectivity index (χ4v) is 1.78. The molecule has 0 saturated carbocycles. The van der Waals surface area contributed by atoms with E-state index >= 15 is 0 Å². The fraction of sp³-hybridized carbons (Fsp3) is 0.533. The summed E-state index contributed by atoms with van der Waals surface area (Å²) < 4.78 is 5.54. The molecular weight excluding hydrogens is 240 g/mol. The van der Waals surface area contributed by atoms with Crippen LogP contribution in [0.5, 0.6) is 5.75 Å². The van der Waals surface area contributed by atoms with Crippen molar-refractivity contribution in [3.63, 3.8) is 0 Å². The number of rotatable bonds is 7. The molecular formula is C15H24N2O2. The van der Waals surface area contributed by atoms with Crippen LogP contribution in [0.2, 0.25) is 0 Å². The van der Waals surface area contributed by atoms with Gasteiger partial charge in [0.05, 0.1) is 6.61 Å². The first kappa shape index (κ1) is 15.5. The van der Waals surface area contributed by atoms with E-state index in [0.29, 0.717) is 31.2 Å². The fourth-order valence-electron chi connectivity index (χ4n) is 1.78. The van der Waals surface area contributed by atoms with Crippen molar-refractivity contribution in [1.29, 1.82) is 0 Å². The second-order valence-electron chi connectivity index (χ2n) is 4.90. The first-order valence-electron chi connectivity index (χ1n) is 6.76. The molecule has 1 amide bonds. The predicted octanol–water partition coefficient (Wildman–Crippen LogP) is 2.14. The van der Waals surface area contributed by atoms with Gasteiger partial charge in [-0.25, -0.2) is 0 Å². The van der Waals surface area contributed by atoms with Gasteiger partial charge in [-0.3, -0.25) is 4.79 Å². The Kier molecular flexibility index (Phi) is 6.36. The predicted molar refractivity (Wildman–Crippen MR) is 77.4 cm³/mol. The number of hydrogen-bond acceptors (Lipinski definition) is 3. The molecule has 0 bridgehead atoms. The van der Waals surface area contributed by atoms with Gasteiger partial charge < -0.3 is 15.4 Å². The van der Waals surface area contributed by atoms with Gasteiger partial charge in [0.2, 0.25) is 0 Å². The van der Waals surface area contributed by atoms with E-state index in [4.69, 9.17) is 10.5 Å². The largest absolute Gasteiger partial charge is 0.494 e. The maximum absolute atomic E-state index is 12.3. The topological polar surface area (TPSA) is 55.6 Å². The molecule has 0 spiro atoms. The molecule has 0 aliphatic heterocycles. The van der Waals surface area contributed by atoms with Crippen molar-refractivity contribution < 1.29 is 9.53 Å². The summed E-state index contributed by atoms with van der Waals surface area (Å²) in [6.45, 7) is 5.99. The van der Waals surface area contributed by atoms with Gasteiger partial charge in [0.15, 0.2) is 0 Å². The molecule has 0 radical (unpaired) electrons. The maximum Gasteiger partial charge on any atom is 0.253 e. The maximum atomic E-state index is 12.3. The van der Waals surface area contributed by atoms with Gasteiger partial charge in [-0.05, 0) is 37.1 Å². The Morgan fingerprint density at radius 3 is 2.84 bits per heavy atom. The Hall–Kier alpha value is -1.55. The van der Waals surface area contributed by atoms with E-state index in [1.54, 1.807) is 18.0 Å². The molecule has 0 aromatic heterocycles. The Morgan fingerprint density at radius 2 is 2.21 bits per heavy atom. The van der Waals surface area contributed by atoms with E-state index in [-0.39, 0.29) is 5.91 Å². The van der Waals surface area contributed by atoms with E-state index < -0.39 is 0 Å². The molecule has 1 unspecified atom stereocenters. The summed E-state index contributed by atoms with van der Waals surface area (Å²) in [5.74, 6) is 1.05. The minimum absolute atomic E-state index is 0.00208. The molecule has 2 N–H and O–H groups in total. The molecule has 4 heteroatoms. The van der Waals surface area contributed by atoms with Crippen LogP contribution >= 0.6 is 0 Å². The molecule has 0 fully saturated rings. The van der Waals surface area contributed by atoms with Crippen molar-refractivity contribution >= 4 is 5.91 Å². The highest BCUT2D eigenvalue weighted by molar-refractivity contribution is 5.94. The zero-order valence-electron chi connectivity index (χ0n) is 12.1. The molecule has 0 saturated heterocycles. The average Bonchev–Trinajstić information content (AvgIpc) is 2.44. The summed E-state index contributed by atoms with van der Waals surface area (Å²) in [6.07, 6.45) is 0.950. The Bertz CT molecular complexity index is 407. The molecule has 1 aromatic rings. The number of nitrogens with two attached hydrogens (primary N) is 1. The van der Waals surface area contributed by atoms with Crippen molar-refractivity contribution in [1.82, 2.24) is 4.90 Å². The number of ether oxygens (including phenoxy) is 1. The average molecular weight is 264 g/mol. The molecule has 19 heavy (non-hydrogen) atoms. The molecule has 4 nitrogen and oxygen atoms in total. The Balaban J connectivity index is 2.70. The van der Waals surface area contributed by atoms with Crippen LogP contribution in [0.25, 0.3) is 0 Å². The summed E-state index contributed by atoms with van der Waals surface area (Å²) in [6, 6.07) is 7.32. The highest BCUT2D eigenvalue weighted by atomic mass is 16.5. The summed E-state index contributed by atoms with van der Waals surface area (Å²) >= 11 is 0. The van der Waals surface area contributed by atoms with Crippen molar-refractivity contribution in [2.45, 2.75) is 20.3 Å². The monoisotopic (exact) mass is 264 g/mol. The van der Waals surface area contributed by atoms with E-state index in [2.05, 4.69) is 6.92 Å². The molecule has 0 aliphatic carbocycles. The van der Waals surface area contributed by atoms with Gasteiger partial charge in [-0.15, -0.1) is 0 Å². The molecule has 1 aromatic carbocycles. The van der Waals surface area contributed by atoms with Crippen LogP contribution in [0.3, 0.4) is 0 Å². The number of nitrogens with zero attached hydrogens (tertiary/aromatic N) is 1. The van der Waals surface area contributed by atoms with Gasteiger partial charge >= 0.3 is 0 Å². The lowest BCUT2D eigenvalue weighted by Gasteiger charge is -2.21. The van der Waals surface area contributed by atoms with Gasteiger partial charge in [-0.1, -0.05) is 19.9 Å². The second-order valence-corrected chi connectivity index (χ2v) is 4.90. The number of hydrogen-bond donors (Lipinski definition) is 1. The third-order valence-electron chi connectivity index (χ3n) is 2.89.